The smallest absolute Gasteiger partial charge is 0.0616 e. The summed E-state index contributed by atoms with van der Waals surface area (Å²) in [5.74, 6) is 0. The average molecular weight is 509 g/mol. The maximum absolute atomic E-state index is 9.33. The van der Waals surface area contributed by atoms with Crippen LogP contribution in [0.1, 0.15) is 5.48 Å². The highest BCUT2D eigenvalue weighted by molar-refractivity contribution is 6.25. The maximum atomic E-state index is 9.33. The highest BCUT2D eigenvalue weighted by Crippen LogP contribution is 2.41. The first kappa shape index (κ1) is 18.2. The van der Waals surface area contributed by atoms with Crippen molar-refractivity contribution in [1.29, 1.82) is 0 Å². The van der Waals surface area contributed by atoms with Crippen LogP contribution < -0.4 is 0 Å². The van der Waals surface area contributed by atoms with Crippen molar-refractivity contribution in [3.63, 3.8) is 0 Å². The van der Waals surface area contributed by atoms with Crippen LogP contribution in [0.2, 0.25) is 0 Å². The summed E-state index contributed by atoms with van der Waals surface area (Å²) >= 11 is 0. The van der Waals surface area contributed by atoms with Crippen molar-refractivity contribution in [2.24, 2.45) is 0 Å². The van der Waals surface area contributed by atoms with Gasteiger partial charge in [-0.25, -0.2) is 0 Å². The second kappa shape index (κ2) is 8.15. The zero-order chi connectivity index (χ0) is 29.7. The highest BCUT2D eigenvalue weighted by atomic mass is 14.2. The van der Waals surface area contributed by atoms with Crippen molar-refractivity contribution < 1.29 is 5.48 Å². The lowest BCUT2D eigenvalue weighted by Gasteiger charge is -2.15. The normalized spacial score (nSPS) is 13.4. The van der Waals surface area contributed by atoms with Gasteiger partial charge in [-0.2, -0.15) is 0 Å². The number of fused-ring (bicyclic) bond motifs is 4. The Morgan fingerprint density at radius 3 is 1.62 bits per heavy atom. The third kappa shape index (κ3) is 3.08. The van der Waals surface area contributed by atoms with E-state index in [2.05, 4.69) is 72.8 Å². The van der Waals surface area contributed by atoms with Gasteiger partial charge in [0.25, 0.3) is 0 Å². The standard InChI is InChI=1S/C40H24/c1-2-7-31-23-38-36(24-32-8-3-4-11-33(32)37(38)22-30(31)6-1)26-14-12-25(13-15-26)34-20-18-29-17-16-27-9-5-10-28-19-21-35(34)40(29)39(27)28/h1-24H/i12D,13D,14D,15D. The Morgan fingerprint density at radius 1 is 0.325 bits per heavy atom. The van der Waals surface area contributed by atoms with Gasteiger partial charge in [-0.1, -0.05) is 127 Å². The Labute approximate surface area is 237 Å². The molecule has 0 aliphatic carbocycles. The van der Waals surface area contributed by atoms with E-state index in [0.717, 1.165) is 64.6 Å². The van der Waals surface area contributed by atoms with Gasteiger partial charge in [0.05, 0.1) is 5.48 Å². The summed E-state index contributed by atoms with van der Waals surface area (Å²) in [7, 11) is 0. The molecule has 0 heterocycles. The Bertz CT molecular complexity index is 2610. The topological polar surface area (TPSA) is 0 Å². The summed E-state index contributed by atoms with van der Waals surface area (Å²) in [6, 6.07) is 41.2. The Hall–Kier alpha value is -5.20. The molecule has 0 aliphatic rings. The molecule has 0 radical (unpaired) electrons. The van der Waals surface area contributed by atoms with Crippen molar-refractivity contribution >= 4 is 64.6 Å². The molecular weight excluding hydrogens is 480 g/mol. The molecule has 0 unspecified atom stereocenters. The summed E-state index contributed by atoms with van der Waals surface area (Å²) in [5, 5.41) is 12.8. The van der Waals surface area contributed by atoms with Crippen LogP contribution in [0, 0.1) is 0 Å². The molecule has 9 aromatic rings. The predicted molar refractivity (Wildman–Crippen MR) is 174 cm³/mol. The molecule has 0 fully saturated rings. The first-order chi connectivity index (χ1) is 21.5. The second-order valence-corrected chi connectivity index (χ2v) is 10.6. The van der Waals surface area contributed by atoms with E-state index >= 15 is 0 Å². The first-order valence-corrected chi connectivity index (χ1v) is 13.6. The first-order valence-electron chi connectivity index (χ1n) is 15.6. The molecule has 184 valence electrons. The number of hydrogen-bond donors (Lipinski definition) is 0. The van der Waals surface area contributed by atoms with E-state index in [4.69, 9.17) is 0 Å². The van der Waals surface area contributed by atoms with Crippen molar-refractivity contribution in [2.75, 3.05) is 0 Å². The summed E-state index contributed by atoms with van der Waals surface area (Å²) < 4.78 is 37.3. The van der Waals surface area contributed by atoms with Crippen LogP contribution in [0.15, 0.2) is 145 Å². The van der Waals surface area contributed by atoms with Crippen LogP contribution >= 0.6 is 0 Å². The Kier molecular flexibility index (Phi) is 3.70. The van der Waals surface area contributed by atoms with Crippen molar-refractivity contribution in [3.05, 3.63) is 145 Å². The van der Waals surface area contributed by atoms with Gasteiger partial charge in [0.1, 0.15) is 0 Å². The molecule has 9 rings (SSSR count). The van der Waals surface area contributed by atoms with Gasteiger partial charge in [0.2, 0.25) is 0 Å². The minimum atomic E-state index is -0.0311. The van der Waals surface area contributed by atoms with E-state index in [9.17, 15) is 5.48 Å². The molecule has 0 amide bonds. The number of hydrogen-bond acceptors (Lipinski definition) is 0. The average Bonchev–Trinajstić information content (AvgIpc) is 3.06. The van der Waals surface area contributed by atoms with Gasteiger partial charge in [-0.3, -0.25) is 0 Å². The van der Waals surface area contributed by atoms with Crippen molar-refractivity contribution in [3.8, 4) is 22.3 Å². The Balaban J connectivity index is 1.36. The molecular formula is C40H24. The number of benzene rings is 9. The van der Waals surface area contributed by atoms with E-state index in [1.165, 1.54) is 0 Å². The highest BCUT2D eigenvalue weighted by Gasteiger charge is 2.14. The third-order valence-corrected chi connectivity index (χ3v) is 8.42. The molecule has 9 aromatic carbocycles. The Morgan fingerprint density at radius 2 is 0.875 bits per heavy atom. The van der Waals surface area contributed by atoms with Crippen LogP contribution in [0.3, 0.4) is 0 Å². The predicted octanol–water partition coefficient (Wildman–Crippen LogP) is 11.4. The van der Waals surface area contributed by atoms with Gasteiger partial charge in [-0.05, 0) is 105 Å². The van der Waals surface area contributed by atoms with Gasteiger partial charge in [-0.15, -0.1) is 0 Å². The van der Waals surface area contributed by atoms with Crippen molar-refractivity contribution in [1.82, 2.24) is 0 Å². The lowest BCUT2D eigenvalue weighted by Crippen LogP contribution is -1.88. The molecule has 0 saturated heterocycles. The molecule has 0 atom stereocenters. The van der Waals surface area contributed by atoms with E-state index in [1.807, 2.05) is 48.5 Å². The molecule has 0 aliphatic heterocycles. The monoisotopic (exact) mass is 508 g/mol. The van der Waals surface area contributed by atoms with Crippen LogP contribution in [0.4, 0.5) is 0 Å². The van der Waals surface area contributed by atoms with Crippen LogP contribution in [-0.4, -0.2) is 0 Å². The zero-order valence-corrected chi connectivity index (χ0v) is 21.5. The summed E-state index contributed by atoms with van der Waals surface area (Å²) in [6.07, 6.45) is 0. The molecule has 0 saturated carbocycles. The van der Waals surface area contributed by atoms with Gasteiger partial charge >= 0.3 is 0 Å². The van der Waals surface area contributed by atoms with Gasteiger partial charge in [0.15, 0.2) is 0 Å². The molecule has 0 heteroatoms. The molecule has 0 N–H and O–H groups in total. The molecule has 0 spiro atoms. The van der Waals surface area contributed by atoms with E-state index < -0.39 is 0 Å². The maximum Gasteiger partial charge on any atom is 0.0629 e. The summed E-state index contributed by atoms with van der Waals surface area (Å²) in [4.78, 5) is 0. The van der Waals surface area contributed by atoms with Gasteiger partial charge < -0.3 is 0 Å². The van der Waals surface area contributed by atoms with Crippen LogP contribution in [0.5, 0.6) is 0 Å². The lowest BCUT2D eigenvalue weighted by atomic mass is 9.88. The van der Waals surface area contributed by atoms with E-state index in [1.54, 1.807) is 0 Å². The minimum Gasteiger partial charge on any atom is -0.0616 e. The molecule has 40 heavy (non-hydrogen) atoms. The molecule has 0 aromatic heterocycles. The lowest BCUT2D eigenvalue weighted by molar-refractivity contribution is 1.64. The molecule has 0 bridgehead atoms. The third-order valence-electron chi connectivity index (χ3n) is 8.42. The number of rotatable bonds is 2. The van der Waals surface area contributed by atoms with Gasteiger partial charge in [0, 0.05) is 0 Å². The molecule has 0 nitrogen and oxygen atoms in total. The SMILES string of the molecule is [2H]c1c([2H])c(-c2ccc3ccc4cccc5ccc2c3c45)c([2H])c([2H])c1-c1cc2ccccc2c2cc3ccccc3cc12. The van der Waals surface area contributed by atoms with E-state index in [-0.39, 0.29) is 24.2 Å². The second-order valence-electron chi connectivity index (χ2n) is 10.6. The summed E-state index contributed by atoms with van der Waals surface area (Å²) in [6.45, 7) is 0. The fourth-order valence-corrected chi connectivity index (χ4v) is 6.53. The quantitative estimate of drug-likeness (QED) is 0.161. The zero-order valence-electron chi connectivity index (χ0n) is 25.5. The van der Waals surface area contributed by atoms with Crippen LogP contribution in [-0.2, 0) is 0 Å². The largest absolute Gasteiger partial charge is 0.0629 e. The fraction of sp³-hybridized carbons (Fsp3) is 0. The van der Waals surface area contributed by atoms with Crippen molar-refractivity contribution in [2.45, 2.75) is 0 Å². The minimum absolute atomic E-state index is 0.0295. The van der Waals surface area contributed by atoms with Crippen LogP contribution in [0.25, 0.3) is 86.9 Å². The summed E-state index contributed by atoms with van der Waals surface area (Å²) in [5.41, 5.74) is 2.08. The van der Waals surface area contributed by atoms with E-state index in [0.29, 0.717) is 22.3 Å². The fourth-order valence-electron chi connectivity index (χ4n) is 6.53.